The van der Waals surface area contributed by atoms with Crippen LogP contribution in [0.15, 0.2) is 4.99 Å². The lowest BCUT2D eigenvalue weighted by Gasteiger charge is -2.02. The van der Waals surface area contributed by atoms with E-state index < -0.39 is 7.42 Å². The molecule has 0 radical (unpaired) electrons. The van der Waals surface area contributed by atoms with Crippen LogP contribution in [0.5, 0.6) is 0 Å². The maximum absolute atomic E-state index is 9.82. The van der Waals surface area contributed by atoms with Gasteiger partial charge in [-0.05, 0) is 12.5 Å². The van der Waals surface area contributed by atoms with Gasteiger partial charge in [-0.1, -0.05) is 57.8 Å². The Labute approximate surface area is 122 Å². The molecule has 0 bridgehead atoms. The highest BCUT2D eigenvalue weighted by Crippen LogP contribution is 2.14. The predicted molar refractivity (Wildman–Crippen MR) is 82.8 cm³/mol. The minimum Gasteiger partial charge on any atom is -0.211 e. The summed E-state index contributed by atoms with van der Waals surface area (Å²) in [6.45, 7) is 0.648. The fourth-order valence-electron chi connectivity index (χ4n) is 1.95. The summed E-state index contributed by atoms with van der Waals surface area (Å²) in [6, 6.07) is 1.06. The van der Waals surface area contributed by atoms with Crippen molar-refractivity contribution in [3.05, 3.63) is 0 Å². The largest absolute Gasteiger partial charge is 0.237 e. The summed E-state index contributed by atoms with van der Waals surface area (Å²) in [4.78, 5) is 13.4. The molecular weight excluding hydrogens is 285 g/mol. The van der Waals surface area contributed by atoms with Crippen molar-refractivity contribution in [3.8, 4) is 0 Å². The van der Waals surface area contributed by atoms with Crippen molar-refractivity contribution in [1.82, 2.24) is 0 Å². The van der Waals surface area contributed by atoms with Gasteiger partial charge in [-0.25, -0.2) is 9.79 Å². The van der Waals surface area contributed by atoms with E-state index in [4.69, 9.17) is 22.2 Å². The Morgan fingerprint density at radius 1 is 0.778 bits per heavy atom. The van der Waals surface area contributed by atoms with Crippen LogP contribution in [0, 0.1) is 0 Å². The molecule has 0 aliphatic carbocycles. The smallest absolute Gasteiger partial charge is 0.211 e. The molecule has 0 saturated heterocycles. The van der Waals surface area contributed by atoms with Crippen LogP contribution in [0.1, 0.15) is 64.2 Å². The van der Waals surface area contributed by atoms with Crippen molar-refractivity contribution in [1.29, 1.82) is 0 Å². The third-order valence-electron chi connectivity index (χ3n) is 3.01. The molecule has 0 spiro atoms. The first-order chi connectivity index (χ1) is 8.77. The number of hydrogen-bond acceptors (Lipinski definition) is 2. The Morgan fingerprint density at radius 3 is 1.67 bits per heavy atom. The lowest BCUT2D eigenvalue weighted by molar-refractivity contribution is 0.552. The Balaban J connectivity index is 2.96. The predicted octanol–water partition coefficient (Wildman–Crippen LogP) is 4.92. The molecule has 0 N–H and O–H groups in total. The molecule has 0 atom stereocenters. The molecule has 0 unspecified atom stereocenters. The first-order valence-corrected chi connectivity index (χ1v) is 11.4. The Bertz CT molecular complexity index is 221. The van der Waals surface area contributed by atoms with E-state index in [1.807, 2.05) is 0 Å². The molecule has 0 aliphatic heterocycles. The summed E-state index contributed by atoms with van der Waals surface area (Å²) >= 11 is 11.6. The van der Waals surface area contributed by atoms with E-state index in [1.54, 1.807) is 6.08 Å². The molecule has 0 fully saturated rings. The number of hydrogen-bond donors (Lipinski definition) is 0. The van der Waals surface area contributed by atoms with Crippen molar-refractivity contribution in [3.63, 3.8) is 0 Å². The van der Waals surface area contributed by atoms with E-state index in [2.05, 4.69) is 4.99 Å². The average Bonchev–Trinajstić information content (AvgIpc) is 2.34. The second-order valence-electron chi connectivity index (χ2n) is 4.69. The Hall–Kier alpha value is 0.177. The van der Waals surface area contributed by atoms with Crippen LogP contribution in [-0.2, 0) is 4.79 Å². The molecule has 0 aromatic heterocycles. The zero-order valence-corrected chi connectivity index (χ0v) is 13.8. The fourth-order valence-corrected chi connectivity index (χ4v) is 3.47. The Morgan fingerprint density at radius 2 is 1.22 bits per heavy atom. The van der Waals surface area contributed by atoms with Crippen LogP contribution in [0.4, 0.5) is 0 Å². The van der Waals surface area contributed by atoms with E-state index in [0.29, 0.717) is 6.54 Å². The van der Waals surface area contributed by atoms with Gasteiger partial charge in [-0.15, -0.1) is 0 Å². The average molecular weight is 310 g/mol. The summed E-state index contributed by atoms with van der Waals surface area (Å²) in [5.41, 5.74) is 0. The van der Waals surface area contributed by atoms with E-state index in [1.165, 1.54) is 57.8 Å². The molecule has 0 saturated carbocycles. The summed E-state index contributed by atoms with van der Waals surface area (Å²) < 4.78 is 0. The van der Waals surface area contributed by atoms with Crippen molar-refractivity contribution < 1.29 is 4.79 Å². The topological polar surface area (TPSA) is 29.4 Å². The van der Waals surface area contributed by atoms with Crippen molar-refractivity contribution in [2.24, 2.45) is 4.99 Å². The number of halogens is 2. The second kappa shape index (κ2) is 15.2. The van der Waals surface area contributed by atoms with Gasteiger partial charge in [-0.3, -0.25) is 0 Å². The number of aliphatic imine (C=N–C) groups is 1. The minimum absolute atomic E-state index is 0.648. The summed E-state index contributed by atoms with van der Waals surface area (Å²) in [7, 11) is -1.34. The number of isocyanates is 1. The van der Waals surface area contributed by atoms with Gasteiger partial charge >= 0.3 is 0 Å². The minimum atomic E-state index is -1.34. The van der Waals surface area contributed by atoms with Crippen LogP contribution in [-0.4, -0.2) is 20.0 Å². The van der Waals surface area contributed by atoms with Crippen molar-refractivity contribution in [2.45, 2.75) is 70.3 Å². The van der Waals surface area contributed by atoms with Crippen LogP contribution in [0.2, 0.25) is 6.04 Å². The van der Waals surface area contributed by atoms with Gasteiger partial charge in [-0.2, -0.15) is 22.2 Å². The first kappa shape index (κ1) is 18.2. The lowest BCUT2D eigenvalue weighted by Crippen LogP contribution is -1.91. The maximum atomic E-state index is 9.82. The van der Waals surface area contributed by atoms with Crippen LogP contribution < -0.4 is 0 Å². The highest BCUT2D eigenvalue weighted by molar-refractivity contribution is 7.33. The third-order valence-corrected chi connectivity index (χ3v) is 5.16. The molecule has 0 aromatic carbocycles. The van der Waals surface area contributed by atoms with Crippen LogP contribution >= 0.6 is 22.2 Å². The molecule has 0 heterocycles. The van der Waals surface area contributed by atoms with E-state index in [9.17, 15) is 4.79 Å². The zero-order chi connectivity index (χ0) is 13.5. The van der Waals surface area contributed by atoms with Crippen molar-refractivity contribution >= 4 is 35.7 Å². The van der Waals surface area contributed by atoms with Crippen LogP contribution in [0.3, 0.4) is 0 Å². The van der Waals surface area contributed by atoms with Gasteiger partial charge in [0.25, 0.3) is 0 Å². The normalized spacial score (nSPS) is 10.6. The standard InChI is InChI=1S/C13H25Cl2NOSi/c14-18(15)12-10-8-6-4-2-1-3-5-7-9-11-16-13-17/h18H,1-12H2. The summed E-state index contributed by atoms with van der Waals surface area (Å²) in [6.07, 6.45) is 14.2. The molecule has 106 valence electrons. The zero-order valence-electron chi connectivity index (χ0n) is 11.2. The van der Waals surface area contributed by atoms with Gasteiger partial charge in [0.05, 0.1) is 6.54 Å². The van der Waals surface area contributed by atoms with Gasteiger partial charge in [0, 0.05) is 0 Å². The molecule has 2 nitrogen and oxygen atoms in total. The van der Waals surface area contributed by atoms with E-state index >= 15 is 0 Å². The molecule has 0 aromatic rings. The summed E-state index contributed by atoms with van der Waals surface area (Å²) in [5, 5.41) is 0. The molecule has 5 heteroatoms. The molecule has 0 aliphatic rings. The molecular formula is C13H25Cl2NOSi. The fraction of sp³-hybridized carbons (Fsp3) is 0.923. The first-order valence-electron chi connectivity index (χ1n) is 7.09. The monoisotopic (exact) mass is 309 g/mol. The van der Waals surface area contributed by atoms with Gasteiger partial charge in [0.1, 0.15) is 0 Å². The Kier molecular flexibility index (Phi) is 15.4. The highest BCUT2D eigenvalue weighted by atomic mass is 35.7. The number of rotatable bonds is 13. The van der Waals surface area contributed by atoms with Gasteiger partial charge in [0.2, 0.25) is 13.5 Å². The van der Waals surface area contributed by atoms with E-state index in [-0.39, 0.29) is 0 Å². The number of carbonyl (C=O) groups excluding carboxylic acids is 1. The second-order valence-corrected chi connectivity index (χ2v) is 9.88. The third kappa shape index (κ3) is 16.2. The highest BCUT2D eigenvalue weighted by Gasteiger charge is 2.00. The van der Waals surface area contributed by atoms with Gasteiger partial charge < -0.3 is 0 Å². The molecule has 0 rings (SSSR count). The molecule has 0 amide bonds. The number of nitrogens with zero attached hydrogens (tertiary/aromatic N) is 1. The number of unbranched alkanes of at least 4 members (excludes halogenated alkanes) is 9. The lowest BCUT2D eigenvalue weighted by atomic mass is 10.1. The SMILES string of the molecule is O=C=NCCCCCCCCCCCC[SiH](Cl)Cl. The summed E-state index contributed by atoms with van der Waals surface area (Å²) in [5.74, 6) is 0. The molecule has 18 heavy (non-hydrogen) atoms. The van der Waals surface area contributed by atoms with Gasteiger partial charge in [0.15, 0.2) is 0 Å². The van der Waals surface area contributed by atoms with Crippen LogP contribution in [0.25, 0.3) is 0 Å². The van der Waals surface area contributed by atoms with E-state index in [0.717, 1.165) is 12.5 Å². The van der Waals surface area contributed by atoms with Crippen molar-refractivity contribution in [2.75, 3.05) is 6.54 Å². The maximum Gasteiger partial charge on any atom is 0.237 e. The quantitative estimate of drug-likeness (QED) is 0.156.